The van der Waals surface area contributed by atoms with E-state index in [4.69, 9.17) is 5.73 Å². The Kier molecular flexibility index (Phi) is 7.36. The number of likely N-dealkylation sites (N-methyl/N-ethyl adjacent to an activating group) is 1. The first-order chi connectivity index (χ1) is 9.81. The second kappa shape index (κ2) is 8.52. The monoisotopic (exact) mass is 291 g/mol. The molecule has 1 aromatic carbocycles. The second-order valence-electron chi connectivity index (χ2n) is 6.87. The lowest BCUT2D eigenvalue weighted by Crippen LogP contribution is -2.45. The Morgan fingerprint density at radius 3 is 2.05 bits per heavy atom. The molecule has 0 aliphatic rings. The van der Waals surface area contributed by atoms with Crippen LogP contribution in [0.5, 0.6) is 0 Å². The van der Waals surface area contributed by atoms with Gasteiger partial charge in [0, 0.05) is 31.7 Å². The van der Waals surface area contributed by atoms with E-state index in [2.05, 4.69) is 75.9 Å². The smallest absolute Gasteiger partial charge is 0.0450 e. The second-order valence-corrected chi connectivity index (χ2v) is 6.87. The maximum atomic E-state index is 6.52. The molecule has 0 radical (unpaired) electrons. The zero-order valence-corrected chi connectivity index (χ0v) is 14.6. The van der Waals surface area contributed by atoms with Crippen molar-refractivity contribution in [2.45, 2.75) is 39.8 Å². The molecule has 0 aliphatic heterocycles. The molecular weight excluding hydrogens is 258 g/mol. The predicted octanol–water partition coefficient (Wildman–Crippen LogP) is 2.90. The van der Waals surface area contributed by atoms with Crippen LogP contribution in [0.3, 0.4) is 0 Å². The number of aryl methyl sites for hydroxylation is 1. The van der Waals surface area contributed by atoms with E-state index in [9.17, 15) is 0 Å². The molecular formula is C18H33N3. The molecule has 0 bridgehead atoms. The van der Waals surface area contributed by atoms with Crippen molar-refractivity contribution in [3.63, 3.8) is 0 Å². The molecule has 0 aliphatic carbocycles. The predicted molar refractivity (Wildman–Crippen MR) is 92.5 cm³/mol. The summed E-state index contributed by atoms with van der Waals surface area (Å²) in [6.07, 6.45) is 0. The van der Waals surface area contributed by atoms with Gasteiger partial charge in [0.2, 0.25) is 0 Å². The molecule has 21 heavy (non-hydrogen) atoms. The SMILES string of the molecule is Cc1ccc(C(N)C(C)N(CCN(C)C)CC(C)C)cc1. The van der Waals surface area contributed by atoms with Gasteiger partial charge in [-0.05, 0) is 39.4 Å². The summed E-state index contributed by atoms with van der Waals surface area (Å²) in [5.41, 5.74) is 9.03. The Morgan fingerprint density at radius 1 is 1.00 bits per heavy atom. The van der Waals surface area contributed by atoms with E-state index >= 15 is 0 Å². The molecule has 2 unspecified atom stereocenters. The third-order valence-electron chi connectivity index (χ3n) is 3.99. The van der Waals surface area contributed by atoms with Gasteiger partial charge in [0.15, 0.2) is 0 Å². The summed E-state index contributed by atoms with van der Waals surface area (Å²) < 4.78 is 0. The van der Waals surface area contributed by atoms with Crippen molar-refractivity contribution in [2.24, 2.45) is 11.7 Å². The van der Waals surface area contributed by atoms with Crippen LogP contribution >= 0.6 is 0 Å². The van der Waals surface area contributed by atoms with Crippen molar-refractivity contribution < 1.29 is 0 Å². The minimum absolute atomic E-state index is 0.0616. The lowest BCUT2D eigenvalue weighted by atomic mass is 9.98. The van der Waals surface area contributed by atoms with E-state index < -0.39 is 0 Å². The number of nitrogens with zero attached hydrogens (tertiary/aromatic N) is 2. The van der Waals surface area contributed by atoms with Crippen molar-refractivity contribution >= 4 is 0 Å². The molecule has 0 aromatic heterocycles. The summed E-state index contributed by atoms with van der Waals surface area (Å²) in [6.45, 7) is 12.1. The molecule has 3 heteroatoms. The Morgan fingerprint density at radius 2 is 1.57 bits per heavy atom. The van der Waals surface area contributed by atoms with E-state index in [-0.39, 0.29) is 6.04 Å². The van der Waals surface area contributed by atoms with Gasteiger partial charge in [-0.3, -0.25) is 4.90 Å². The highest BCUT2D eigenvalue weighted by Gasteiger charge is 2.22. The Bertz CT molecular complexity index is 397. The van der Waals surface area contributed by atoms with Crippen molar-refractivity contribution in [3.05, 3.63) is 35.4 Å². The van der Waals surface area contributed by atoms with Crippen molar-refractivity contribution in [2.75, 3.05) is 33.7 Å². The fraction of sp³-hybridized carbons (Fsp3) is 0.667. The third kappa shape index (κ3) is 6.16. The lowest BCUT2D eigenvalue weighted by molar-refractivity contribution is 0.151. The van der Waals surface area contributed by atoms with Crippen LogP contribution in [0.1, 0.15) is 37.9 Å². The van der Waals surface area contributed by atoms with Gasteiger partial charge in [0.05, 0.1) is 0 Å². The minimum atomic E-state index is 0.0616. The van der Waals surface area contributed by atoms with Crippen LogP contribution in [0.4, 0.5) is 0 Å². The average molecular weight is 291 g/mol. The van der Waals surface area contributed by atoms with Gasteiger partial charge in [0.25, 0.3) is 0 Å². The van der Waals surface area contributed by atoms with E-state index in [0.29, 0.717) is 12.0 Å². The molecule has 120 valence electrons. The number of hydrogen-bond acceptors (Lipinski definition) is 3. The van der Waals surface area contributed by atoms with Gasteiger partial charge in [-0.1, -0.05) is 43.7 Å². The van der Waals surface area contributed by atoms with Gasteiger partial charge in [-0.15, -0.1) is 0 Å². The molecule has 0 heterocycles. The van der Waals surface area contributed by atoms with Crippen LogP contribution in [-0.2, 0) is 0 Å². The first-order valence-corrected chi connectivity index (χ1v) is 8.02. The Labute approximate surface area is 131 Å². The molecule has 2 N–H and O–H groups in total. The van der Waals surface area contributed by atoms with Crippen LogP contribution in [0, 0.1) is 12.8 Å². The highest BCUT2D eigenvalue weighted by atomic mass is 15.2. The van der Waals surface area contributed by atoms with Crippen LogP contribution in [-0.4, -0.2) is 49.6 Å². The van der Waals surface area contributed by atoms with Gasteiger partial charge in [-0.25, -0.2) is 0 Å². The number of nitrogens with two attached hydrogens (primary N) is 1. The van der Waals surface area contributed by atoms with Crippen LogP contribution in [0.25, 0.3) is 0 Å². The molecule has 1 aromatic rings. The molecule has 3 nitrogen and oxygen atoms in total. The van der Waals surface area contributed by atoms with Gasteiger partial charge >= 0.3 is 0 Å². The fourth-order valence-corrected chi connectivity index (χ4v) is 2.55. The molecule has 0 saturated heterocycles. The number of benzene rings is 1. The number of rotatable bonds is 8. The van der Waals surface area contributed by atoms with Crippen molar-refractivity contribution in [1.82, 2.24) is 9.80 Å². The third-order valence-corrected chi connectivity index (χ3v) is 3.99. The van der Waals surface area contributed by atoms with Crippen molar-refractivity contribution in [3.8, 4) is 0 Å². The van der Waals surface area contributed by atoms with Crippen molar-refractivity contribution in [1.29, 1.82) is 0 Å². The fourth-order valence-electron chi connectivity index (χ4n) is 2.55. The summed E-state index contributed by atoms with van der Waals surface area (Å²) in [5.74, 6) is 0.653. The average Bonchev–Trinajstić information content (AvgIpc) is 2.42. The normalized spacial score (nSPS) is 15.0. The van der Waals surface area contributed by atoms with E-state index in [1.807, 2.05) is 0 Å². The highest BCUT2D eigenvalue weighted by molar-refractivity contribution is 5.24. The highest BCUT2D eigenvalue weighted by Crippen LogP contribution is 2.20. The van der Waals surface area contributed by atoms with Crippen LogP contribution in [0.2, 0.25) is 0 Å². The Hall–Kier alpha value is -0.900. The topological polar surface area (TPSA) is 32.5 Å². The molecule has 0 saturated carbocycles. The van der Waals surface area contributed by atoms with E-state index in [0.717, 1.165) is 19.6 Å². The van der Waals surface area contributed by atoms with Gasteiger partial charge < -0.3 is 10.6 Å². The molecule has 0 fully saturated rings. The lowest BCUT2D eigenvalue weighted by Gasteiger charge is -2.35. The number of hydrogen-bond donors (Lipinski definition) is 1. The maximum absolute atomic E-state index is 6.52. The molecule has 0 amide bonds. The summed E-state index contributed by atoms with van der Waals surface area (Å²) >= 11 is 0. The first kappa shape index (κ1) is 18.1. The summed E-state index contributed by atoms with van der Waals surface area (Å²) in [7, 11) is 4.25. The van der Waals surface area contributed by atoms with Gasteiger partial charge in [-0.2, -0.15) is 0 Å². The quantitative estimate of drug-likeness (QED) is 0.799. The Balaban J connectivity index is 2.77. The van der Waals surface area contributed by atoms with Crippen LogP contribution < -0.4 is 5.73 Å². The zero-order valence-electron chi connectivity index (χ0n) is 14.6. The first-order valence-electron chi connectivity index (χ1n) is 8.02. The standard InChI is InChI=1S/C18H33N3/c1-14(2)13-21(12-11-20(5)6)16(4)18(19)17-9-7-15(3)8-10-17/h7-10,14,16,18H,11-13,19H2,1-6H3. The maximum Gasteiger partial charge on any atom is 0.0450 e. The molecule has 2 atom stereocenters. The van der Waals surface area contributed by atoms with Gasteiger partial charge in [0.1, 0.15) is 0 Å². The van der Waals surface area contributed by atoms with E-state index in [1.54, 1.807) is 0 Å². The molecule has 1 rings (SSSR count). The summed E-state index contributed by atoms with van der Waals surface area (Å²) in [5, 5.41) is 0. The zero-order chi connectivity index (χ0) is 16.0. The summed E-state index contributed by atoms with van der Waals surface area (Å²) in [4.78, 5) is 4.76. The largest absolute Gasteiger partial charge is 0.323 e. The minimum Gasteiger partial charge on any atom is -0.323 e. The molecule has 0 spiro atoms. The summed E-state index contributed by atoms with van der Waals surface area (Å²) in [6, 6.07) is 9.02. The van der Waals surface area contributed by atoms with Crippen LogP contribution in [0.15, 0.2) is 24.3 Å². The van der Waals surface area contributed by atoms with E-state index in [1.165, 1.54) is 11.1 Å².